The molecule has 2 aromatic rings. The van der Waals surface area contributed by atoms with Crippen LogP contribution in [0.2, 0.25) is 10.0 Å². The van der Waals surface area contributed by atoms with Crippen molar-refractivity contribution < 1.29 is 23.8 Å². The number of nitrogens with one attached hydrogen (secondary N) is 1. The number of aliphatic hydroxyl groups is 1. The van der Waals surface area contributed by atoms with E-state index in [2.05, 4.69) is 5.32 Å². The highest BCUT2D eigenvalue weighted by atomic mass is 35.5. The number of hydrogen-bond donors (Lipinski definition) is 2. The van der Waals surface area contributed by atoms with Gasteiger partial charge in [-0.2, -0.15) is 0 Å². The predicted octanol–water partition coefficient (Wildman–Crippen LogP) is 4.69. The van der Waals surface area contributed by atoms with E-state index in [1.54, 1.807) is 29.2 Å². The summed E-state index contributed by atoms with van der Waals surface area (Å²) in [6.45, 7) is 1.06. The largest absolute Gasteiger partial charge is 0.480 e. The number of fused-ring (bicyclic) bond motifs is 1. The van der Waals surface area contributed by atoms with Crippen LogP contribution in [-0.4, -0.2) is 53.2 Å². The van der Waals surface area contributed by atoms with Crippen LogP contribution in [0.4, 0.5) is 14.9 Å². The highest BCUT2D eigenvalue weighted by Gasteiger charge is 2.38. The zero-order valence-electron chi connectivity index (χ0n) is 18.9. The molecule has 2 fully saturated rings. The first-order valence-corrected chi connectivity index (χ1v) is 12.5. The maximum atomic E-state index is 13.9. The number of benzene rings is 2. The molecular weight excluding hydrogens is 496 g/mol. The Balaban J connectivity index is 1.14. The average Bonchev–Trinajstić information content (AvgIpc) is 3.23. The van der Waals surface area contributed by atoms with Gasteiger partial charge in [-0.25, -0.2) is 9.18 Å². The first kappa shape index (κ1) is 24.2. The number of amides is 3. The summed E-state index contributed by atoms with van der Waals surface area (Å²) in [7, 11) is 0. The minimum atomic E-state index is -0.817. The van der Waals surface area contributed by atoms with Gasteiger partial charge in [0.05, 0.1) is 11.1 Å². The number of halogens is 3. The molecule has 2 heterocycles. The van der Waals surface area contributed by atoms with Gasteiger partial charge >= 0.3 is 6.03 Å². The summed E-state index contributed by atoms with van der Waals surface area (Å²) in [4.78, 5) is 29.3. The molecule has 0 radical (unpaired) electrons. The van der Waals surface area contributed by atoms with Gasteiger partial charge in [-0.15, -0.1) is 0 Å². The van der Waals surface area contributed by atoms with E-state index in [-0.39, 0.29) is 35.5 Å². The van der Waals surface area contributed by atoms with Gasteiger partial charge in [-0.1, -0.05) is 23.2 Å². The average molecular weight is 522 g/mol. The Kier molecular flexibility index (Phi) is 6.79. The Bertz CT molecular complexity index is 1140. The van der Waals surface area contributed by atoms with Crippen molar-refractivity contribution in [2.24, 2.45) is 0 Å². The molecule has 0 aromatic heterocycles. The molecule has 5 rings (SSSR count). The first-order chi connectivity index (χ1) is 16.8. The van der Waals surface area contributed by atoms with E-state index in [0.717, 1.165) is 25.7 Å². The van der Waals surface area contributed by atoms with Crippen molar-refractivity contribution in [3.8, 4) is 5.75 Å². The Hall–Kier alpha value is -2.55. The molecule has 3 aliphatic rings. The van der Waals surface area contributed by atoms with Gasteiger partial charge in [0.1, 0.15) is 11.6 Å². The molecule has 1 saturated heterocycles. The van der Waals surface area contributed by atoms with Crippen LogP contribution in [0.15, 0.2) is 36.4 Å². The van der Waals surface area contributed by atoms with Crippen molar-refractivity contribution in [1.29, 1.82) is 0 Å². The third-order valence-electron chi connectivity index (χ3n) is 7.07. The molecule has 2 atom stereocenters. The van der Waals surface area contributed by atoms with Crippen molar-refractivity contribution in [1.82, 2.24) is 10.2 Å². The van der Waals surface area contributed by atoms with Gasteiger partial charge in [0.25, 0.3) is 5.91 Å². The third kappa shape index (κ3) is 4.92. The summed E-state index contributed by atoms with van der Waals surface area (Å²) in [5.74, 6) is -0.329. The molecule has 1 saturated carbocycles. The summed E-state index contributed by atoms with van der Waals surface area (Å²) < 4.78 is 19.7. The first-order valence-electron chi connectivity index (χ1n) is 11.8. The van der Waals surface area contributed by atoms with Crippen LogP contribution in [0.5, 0.6) is 5.75 Å². The maximum Gasteiger partial charge on any atom is 0.324 e. The lowest BCUT2D eigenvalue weighted by Crippen LogP contribution is -2.49. The van der Waals surface area contributed by atoms with E-state index in [0.29, 0.717) is 35.1 Å². The van der Waals surface area contributed by atoms with Crippen molar-refractivity contribution in [2.45, 2.75) is 56.4 Å². The predicted molar refractivity (Wildman–Crippen MR) is 130 cm³/mol. The van der Waals surface area contributed by atoms with E-state index in [4.69, 9.17) is 27.9 Å². The second kappa shape index (κ2) is 9.84. The van der Waals surface area contributed by atoms with Gasteiger partial charge in [0, 0.05) is 47.9 Å². The minimum Gasteiger partial charge on any atom is -0.480 e. The van der Waals surface area contributed by atoms with Gasteiger partial charge < -0.3 is 20.1 Å². The molecule has 7 nitrogen and oxygen atoms in total. The molecule has 35 heavy (non-hydrogen) atoms. The van der Waals surface area contributed by atoms with Crippen molar-refractivity contribution >= 4 is 40.8 Å². The molecule has 0 bridgehead atoms. The number of anilines is 1. The summed E-state index contributed by atoms with van der Waals surface area (Å²) >= 11 is 11.8. The maximum absolute atomic E-state index is 13.9. The molecule has 0 spiro atoms. The number of nitrogens with zero attached hydrogens (tertiary/aromatic N) is 2. The highest BCUT2D eigenvalue weighted by Crippen LogP contribution is 2.37. The lowest BCUT2D eigenvalue weighted by molar-refractivity contribution is -0.131. The van der Waals surface area contributed by atoms with Gasteiger partial charge in [0.2, 0.25) is 0 Å². The standard InChI is InChI=1S/C25H26Cl2FN3O4/c26-14-1-8-22-18(11-14)21(32)13-23(35-22)24(33)29-15-2-4-16(5-3-15)30-9-10-31(25(30)34)17-6-7-19(27)20(28)12-17/h1,6-8,11-12,15-16,21,23,32H,2-5,9-10,13H2,(H,29,33). The molecule has 2 unspecified atom stereocenters. The number of carbonyl (C=O) groups excluding carboxylic acids is 2. The number of urea groups is 1. The van der Waals surface area contributed by atoms with Crippen LogP contribution in [-0.2, 0) is 4.79 Å². The summed E-state index contributed by atoms with van der Waals surface area (Å²) in [5, 5.41) is 14.0. The molecule has 10 heteroatoms. The molecule has 2 N–H and O–H groups in total. The van der Waals surface area contributed by atoms with E-state index in [9.17, 15) is 19.1 Å². The molecule has 186 valence electrons. The summed E-state index contributed by atoms with van der Waals surface area (Å²) in [5.41, 5.74) is 1.09. The van der Waals surface area contributed by atoms with Gasteiger partial charge in [-0.3, -0.25) is 9.69 Å². The van der Waals surface area contributed by atoms with E-state index in [1.807, 2.05) is 4.90 Å². The number of ether oxygens (including phenoxy) is 1. The van der Waals surface area contributed by atoms with Crippen LogP contribution in [0.25, 0.3) is 0 Å². The zero-order valence-corrected chi connectivity index (χ0v) is 20.4. The normalized spacial score (nSPS) is 26.3. The van der Waals surface area contributed by atoms with Crippen molar-refractivity contribution in [3.63, 3.8) is 0 Å². The minimum absolute atomic E-state index is 0.0229. The SMILES string of the molecule is O=C(NC1CCC(N2CCN(c3ccc(Cl)c(F)c3)C2=O)CC1)C1CC(O)c2cc(Cl)ccc2O1. The Morgan fingerprint density at radius 1 is 1.09 bits per heavy atom. The quantitative estimate of drug-likeness (QED) is 0.611. The molecule has 2 aromatic carbocycles. The zero-order chi connectivity index (χ0) is 24.7. The molecule has 3 amide bonds. The number of hydrogen-bond acceptors (Lipinski definition) is 4. The number of carbonyl (C=O) groups is 2. The smallest absolute Gasteiger partial charge is 0.324 e. The van der Waals surface area contributed by atoms with Crippen LogP contribution >= 0.6 is 23.2 Å². The van der Waals surface area contributed by atoms with Gasteiger partial charge in [0.15, 0.2) is 6.10 Å². The molecule has 2 aliphatic heterocycles. The summed E-state index contributed by atoms with van der Waals surface area (Å²) in [6, 6.07) is 9.29. The Morgan fingerprint density at radius 3 is 2.60 bits per heavy atom. The fourth-order valence-corrected chi connectivity index (χ4v) is 5.49. The van der Waals surface area contributed by atoms with Crippen LogP contribution < -0.4 is 15.0 Å². The van der Waals surface area contributed by atoms with E-state index in [1.165, 1.54) is 12.1 Å². The fourth-order valence-electron chi connectivity index (χ4n) is 5.19. The monoisotopic (exact) mass is 521 g/mol. The van der Waals surface area contributed by atoms with E-state index < -0.39 is 18.0 Å². The molecular formula is C25H26Cl2FN3O4. The second-order valence-electron chi connectivity index (χ2n) is 9.28. The number of rotatable bonds is 4. The van der Waals surface area contributed by atoms with Crippen molar-refractivity contribution in [2.75, 3.05) is 18.0 Å². The lowest BCUT2D eigenvalue weighted by Gasteiger charge is -2.35. The highest BCUT2D eigenvalue weighted by molar-refractivity contribution is 6.31. The Labute approximate surface area is 212 Å². The van der Waals surface area contributed by atoms with Gasteiger partial charge in [-0.05, 0) is 62.1 Å². The number of aliphatic hydroxyl groups excluding tert-OH is 1. The molecule has 1 aliphatic carbocycles. The van der Waals surface area contributed by atoms with Crippen LogP contribution in [0.3, 0.4) is 0 Å². The fraction of sp³-hybridized carbons (Fsp3) is 0.440. The van der Waals surface area contributed by atoms with E-state index >= 15 is 0 Å². The van der Waals surface area contributed by atoms with Crippen LogP contribution in [0, 0.1) is 5.82 Å². The van der Waals surface area contributed by atoms with Crippen LogP contribution in [0.1, 0.15) is 43.8 Å². The second-order valence-corrected chi connectivity index (χ2v) is 10.1. The Morgan fingerprint density at radius 2 is 1.86 bits per heavy atom. The third-order valence-corrected chi connectivity index (χ3v) is 7.61. The summed E-state index contributed by atoms with van der Waals surface area (Å²) in [6.07, 6.45) is 1.56. The topological polar surface area (TPSA) is 82.1 Å². The van der Waals surface area contributed by atoms with Crippen molar-refractivity contribution in [3.05, 3.63) is 57.8 Å². The lowest BCUT2D eigenvalue weighted by atomic mass is 9.90.